The third-order valence-electron chi connectivity index (χ3n) is 2.27. The van der Waals surface area contributed by atoms with E-state index in [1.54, 1.807) is 0 Å². The zero-order chi connectivity index (χ0) is 10.9. The van der Waals surface area contributed by atoms with E-state index in [4.69, 9.17) is 0 Å². The largest absolute Gasteiger partial charge is 0.388 e. The van der Waals surface area contributed by atoms with Gasteiger partial charge < -0.3 is 5.11 Å². The lowest BCUT2D eigenvalue weighted by atomic mass is 9.85. The second-order valence-corrected chi connectivity index (χ2v) is 5.65. The second kappa shape index (κ2) is 4.03. The van der Waals surface area contributed by atoms with Crippen LogP contribution >= 0.6 is 15.9 Å². The molecule has 1 unspecified atom stereocenters. The fraction of sp³-hybridized carbons (Fsp3) is 0.500. The number of rotatable bonds is 1. The average Bonchev–Trinajstić information content (AvgIpc) is 2.01. The highest BCUT2D eigenvalue weighted by Crippen LogP contribution is 2.36. The quantitative estimate of drug-likeness (QED) is 0.810. The SMILES string of the molecule is Cc1ccc(C(O)C(C)(C)C)c(Br)c1. The van der Waals surface area contributed by atoms with Gasteiger partial charge in [0.15, 0.2) is 0 Å². The van der Waals surface area contributed by atoms with Crippen molar-refractivity contribution in [3.8, 4) is 0 Å². The molecule has 0 amide bonds. The van der Waals surface area contributed by atoms with E-state index in [2.05, 4.69) is 15.9 Å². The Balaban J connectivity index is 3.08. The van der Waals surface area contributed by atoms with Gasteiger partial charge in [-0.05, 0) is 29.5 Å². The molecular formula is C12H17BrO. The third kappa shape index (κ3) is 2.58. The summed E-state index contributed by atoms with van der Waals surface area (Å²) in [7, 11) is 0. The molecule has 78 valence electrons. The minimum absolute atomic E-state index is 0.127. The molecule has 0 bridgehead atoms. The Bertz CT molecular complexity index is 326. The van der Waals surface area contributed by atoms with Crippen molar-refractivity contribution in [1.82, 2.24) is 0 Å². The standard InChI is InChI=1S/C12H17BrO/c1-8-5-6-9(10(13)7-8)11(14)12(2,3)4/h5-7,11,14H,1-4H3. The first-order chi connectivity index (χ1) is 6.32. The van der Waals surface area contributed by atoms with Crippen LogP contribution in [0.4, 0.5) is 0 Å². The number of hydrogen-bond donors (Lipinski definition) is 1. The van der Waals surface area contributed by atoms with Crippen molar-refractivity contribution in [2.45, 2.75) is 33.8 Å². The van der Waals surface area contributed by atoms with Crippen LogP contribution in [0.15, 0.2) is 22.7 Å². The Morgan fingerprint density at radius 2 is 1.86 bits per heavy atom. The second-order valence-electron chi connectivity index (χ2n) is 4.79. The van der Waals surface area contributed by atoms with Crippen LogP contribution in [0, 0.1) is 12.3 Å². The van der Waals surface area contributed by atoms with Gasteiger partial charge in [-0.2, -0.15) is 0 Å². The molecule has 0 aliphatic rings. The van der Waals surface area contributed by atoms with Crippen molar-refractivity contribution in [3.05, 3.63) is 33.8 Å². The highest BCUT2D eigenvalue weighted by atomic mass is 79.9. The molecule has 1 aromatic carbocycles. The van der Waals surface area contributed by atoms with E-state index in [0.717, 1.165) is 10.0 Å². The third-order valence-corrected chi connectivity index (χ3v) is 2.96. The topological polar surface area (TPSA) is 20.2 Å². The summed E-state index contributed by atoms with van der Waals surface area (Å²) in [6.07, 6.45) is -0.433. The highest BCUT2D eigenvalue weighted by Gasteiger charge is 2.25. The predicted octanol–water partition coefficient (Wildman–Crippen LogP) is 3.84. The van der Waals surface area contributed by atoms with E-state index in [-0.39, 0.29) is 5.41 Å². The van der Waals surface area contributed by atoms with Crippen LogP contribution in [-0.4, -0.2) is 5.11 Å². The number of aliphatic hydroxyl groups is 1. The Morgan fingerprint density at radius 3 is 2.29 bits per heavy atom. The van der Waals surface area contributed by atoms with Crippen LogP contribution in [0.25, 0.3) is 0 Å². The smallest absolute Gasteiger partial charge is 0.0849 e. The molecule has 14 heavy (non-hydrogen) atoms. The van der Waals surface area contributed by atoms with Gasteiger partial charge in [-0.15, -0.1) is 0 Å². The number of hydrogen-bond acceptors (Lipinski definition) is 1. The highest BCUT2D eigenvalue weighted by molar-refractivity contribution is 9.10. The van der Waals surface area contributed by atoms with Crippen LogP contribution < -0.4 is 0 Å². The summed E-state index contributed by atoms with van der Waals surface area (Å²) < 4.78 is 0.986. The first-order valence-electron chi connectivity index (χ1n) is 4.76. The maximum Gasteiger partial charge on any atom is 0.0849 e. The summed E-state index contributed by atoms with van der Waals surface area (Å²) in [5, 5.41) is 10.1. The molecule has 0 aliphatic carbocycles. The van der Waals surface area contributed by atoms with Gasteiger partial charge in [-0.25, -0.2) is 0 Å². The molecule has 1 N–H and O–H groups in total. The van der Waals surface area contributed by atoms with Crippen LogP contribution in [0.2, 0.25) is 0 Å². The fourth-order valence-electron chi connectivity index (χ4n) is 1.32. The molecule has 2 heteroatoms. The fourth-order valence-corrected chi connectivity index (χ4v) is 2.03. The molecule has 0 saturated carbocycles. The molecule has 0 spiro atoms. The molecule has 0 aromatic heterocycles. The van der Waals surface area contributed by atoms with Gasteiger partial charge in [0, 0.05) is 4.47 Å². The number of benzene rings is 1. The van der Waals surface area contributed by atoms with E-state index in [1.165, 1.54) is 5.56 Å². The van der Waals surface area contributed by atoms with E-state index in [9.17, 15) is 5.11 Å². The van der Waals surface area contributed by atoms with Gasteiger partial charge >= 0.3 is 0 Å². The molecule has 1 aromatic rings. The van der Waals surface area contributed by atoms with E-state index in [1.807, 2.05) is 45.9 Å². The molecule has 1 nitrogen and oxygen atoms in total. The van der Waals surface area contributed by atoms with Crippen LogP contribution in [-0.2, 0) is 0 Å². The number of aliphatic hydroxyl groups excluding tert-OH is 1. The van der Waals surface area contributed by atoms with E-state index >= 15 is 0 Å². The zero-order valence-electron chi connectivity index (χ0n) is 9.13. The zero-order valence-corrected chi connectivity index (χ0v) is 10.7. The van der Waals surface area contributed by atoms with Crippen molar-refractivity contribution in [2.75, 3.05) is 0 Å². The molecule has 1 rings (SSSR count). The molecule has 0 aliphatic heterocycles. The van der Waals surface area contributed by atoms with Crippen molar-refractivity contribution in [3.63, 3.8) is 0 Å². The van der Waals surface area contributed by atoms with Crippen molar-refractivity contribution < 1.29 is 5.11 Å². The van der Waals surface area contributed by atoms with Gasteiger partial charge in [0.25, 0.3) is 0 Å². The Morgan fingerprint density at radius 1 is 1.29 bits per heavy atom. The van der Waals surface area contributed by atoms with E-state index in [0.29, 0.717) is 0 Å². The number of aryl methyl sites for hydroxylation is 1. The van der Waals surface area contributed by atoms with Crippen LogP contribution in [0.5, 0.6) is 0 Å². The monoisotopic (exact) mass is 256 g/mol. The van der Waals surface area contributed by atoms with Crippen LogP contribution in [0.1, 0.15) is 38.0 Å². The summed E-state index contributed by atoms with van der Waals surface area (Å²) in [6.45, 7) is 8.13. The van der Waals surface area contributed by atoms with Gasteiger partial charge in [0.1, 0.15) is 0 Å². The van der Waals surface area contributed by atoms with Gasteiger partial charge in [-0.1, -0.05) is 48.8 Å². The summed E-state index contributed by atoms with van der Waals surface area (Å²) in [5.41, 5.74) is 2.03. The lowest BCUT2D eigenvalue weighted by Gasteiger charge is -2.27. The van der Waals surface area contributed by atoms with Crippen molar-refractivity contribution >= 4 is 15.9 Å². The molecule has 0 radical (unpaired) electrons. The minimum Gasteiger partial charge on any atom is -0.388 e. The first-order valence-corrected chi connectivity index (χ1v) is 5.56. The van der Waals surface area contributed by atoms with Gasteiger partial charge in [0.05, 0.1) is 6.10 Å². The minimum atomic E-state index is -0.433. The lowest BCUT2D eigenvalue weighted by Crippen LogP contribution is -2.18. The molecule has 0 heterocycles. The summed E-state index contributed by atoms with van der Waals surface area (Å²) in [4.78, 5) is 0. The Labute approximate surface area is 94.3 Å². The number of halogens is 1. The molecule has 0 saturated heterocycles. The summed E-state index contributed by atoms with van der Waals surface area (Å²) >= 11 is 3.48. The lowest BCUT2D eigenvalue weighted by molar-refractivity contribution is 0.0620. The van der Waals surface area contributed by atoms with E-state index < -0.39 is 6.10 Å². The van der Waals surface area contributed by atoms with Crippen LogP contribution in [0.3, 0.4) is 0 Å². The average molecular weight is 257 g/mol. The maximum absolute atomic E-state index is 10.1. The molecule has 1 atom stereocenters. The summed E-state index contributed by atoms with van der Waals surface area (Å²) in [6, 6.07) is 6.04. The van der Waals surface area contributed by atoms with Crippen molar-refractivity contribution in [1.29, 1.82) is 0 Å². The normalized spacial score (nSPS) is 14.1. The Kier molecular flexibility index (Phi) is 3.38. The predicted molar refractivity (Wildman–Crippen MR) is 63.3 cm³/mol. The molecule has 0 fully saturated rings. The molecular weight excluding hydrogens is 240 g/mol. The Hall–Kier alpha value is -0.340. The van der Waals surface area contributed by atoms with Crippen molar-refractivity contribution in [2.24, 2.45) is 5.41 Å². The van der Waals surface area contributed by atoms with Gasteiger partial charge in [0.2, 0.25) is 0 Å². The van der Waals surface area contributed by atoms with Gasteiger partial charge in [-0.3, -0.25) is 0 Å². The first kappa shape index (κ1) is 11.7. The maximum atomic E-state index is 10.1. The summed E-state index contributed by atoms with van der Waals surface area (Å²) in [5.74, 6) is 0.